The van der Waals surface area contributed by atoms with Gasteiger partial charge >= 0.3 is 5.97 Å². The first-order valence-electron chi connectivity index (χ1n) is 12.4. The van der Waals surface area contributed by atoms with Crippen LogP contribution >= 0.6 is 11.8 Å². The summed E-state index contributed by atoms with van der Waals surface area (Å²) < 4.78 is 34.7. The van der Waals surface area contributed by atoms with Gasteiger partial charge in [-0.1, -0.05) is 36.4 Å². The van der Waals surface area contributed by atoms with Crippen LogP contribution in [-0.2, 0) is 21.1 Å². The normalized spacial score (nSPS) is 18.3. The highest BCUT2D eigenvalue weighted by Crippen LogP contribution is 2.45. The van der Waals surface area contributed by atoms with Crippen LogP contribution in [0.3, 0.4) is 0 Å². The Morgan fingerprint density at radius 3 is 2.59 bits per heavy atom. The molecule has 0 spiro atoms. The van der Waals surface area contributed by atoms with Gasteiger partial charge in [0.05, 0.1) is 18.8 Å². The number of hydrogen-bond donors (Lipinski definition) is 1. The summed E-state index contributed by atoms with van der Waals surface area (Å²) in [6.45, 7) is 0.369. The standard InChI is InChI=1S/C29H30O6S2/c1-37(32,33)15-3-14-34-21-8-6-19(7-9-21)23-4-2-5-26-25(23)12-13-27(26)35-22-10-11-24-20(16-29(30)31)18-36-28(24)17-22/h2,4-11,17,20,27H,3,12-16,18H2,1H3,(H,30,31)/t20-,27?/m1/s1. The summed E-state index contributed by atoms with van der Waals surface area (Å²) in [5.74, 6) is 1.77. The van der Waals surface area contributed by atoms with Crippen LogP contribution in [0.1, 0.15) is 48.0 Å². The van der Waals surface area contributed by atoms with E-state index in [1.807, 2.05) is 36.4 Å². The van der Waals surface area contributed by atoms with Gasteiger partial charge in [-0.15, -0.1) is 11.8 Å². The van der Waals surface area contributed by atoms with Crippen LogP contribution in [0.4, 0.5) is 0 Å². The molecule has 0 aromatic heterocycles. The van der Waals surface area contributed by atoms with E-state index in [-0.39, 0.29) is 24.2 Å². The number of carbonyl (C=O) groups is 1. The molecule has 1 N–H and O–H groups in total. The van der Waals surface area contributed by atoms with Crippen molar-refractivity contribution in [1.29, 1.82) is 0 Å². The molecule has 0 radical (unpaired) electrons. The van der Waals surface area contributed by atoms with Crippen molar-refractivity contribution >= 4 is 27.6 Å². The average molecular weight is 539 g/mol. The minimum absolute atomic E-state index is 0.0216. The van der Waals surface area contributed by atoms with Crippen molar-refractivity contribution in [3.63, 3.8) is 0 Å². The first kappa shape index (κ1) is 25.7. The molecule has 2 aliphatic rings. The maximum absolute atomic E-state index is 11.3. The molecule has 3 aromatic carbocycles. The Labute approximate surface area is 221 Å². The van der Waals surface area contributed by atoms with Crippen LogP contribution in [0.5, 0.6) is 11.5 Å². The van der Waals surface area contributed by atoms with Gasteiger partial charge in [-0.3, -0.25) is 4.79 Å². The quantitative estimate of drug-likeness (QED) is 0.322. The van der Waals surface area contributed by atoms with Crippen molar-refractivity contribution in [2.75, 3.05) is 24.4 Å². The van der Waals surface area contributed by atoms with Crippen molar-refractivity contribution in [3.05, 3.63) is 77.4 Å². The molecular weight excluding hydrogens is 508 g/mol. The summed E-state index contributed by atoms with van der Waals surface area (Å²) in [6, 6.07) is 20.3. The highest BCUT2D eigenvalue weighted by molar-refractivity contribution is 7.99. The smallest absolute Gasteiger partial charge is 0.303 e. The number of fused-ring (bicyclic) bond motifs is 2. The Kier molecular flexibility index (Phi) is 7.49. The molecule has 0 fully saturated rings. The summed E-state index contributed by atoms with van der Waals surface area (Å²) in [6.07, 6.45) is 3.68. The van der Waals surface area contributed by atoms with Gasteiger partial charge in [0.2, 0.25) is 0 Å². The van der Waals surface area contributed by atoms with E-state index in [4.69, 9.17) is 14.6 Å². The van der Waals surface area contributed by atoms with E-state index >= 15 is 0 Å². The number of carboxylic acid groups (broad SMARTS) is 1. The molecule has 0 saturated heterocycles. The summed E-state index contributed by atoms with van der Waals surface area (Å²) in [5.41, 5.74) is 5.91. The molecule has 5 rings (SSSR count). The van der Waals surface area contributed by atoms with Gasteiger partial charge in [-0.25, -0.2) is 8.42 Å². The SMILES string of the molecule is CS(=O)(=O)CCCOc1ccc(-c2cccc3c2CCC3Oc2ccc3c(c2)SC[C@H]3CC(=O)O)cc1. The Bertz CT molecular complexity index is 1400. The van der Waals surface area contributed by atoms with Crippen LogP contribution < -0.4 is 9.47 Å². The number of thioether (sulfide) groups is 1. The zero-order valence-electron chi connectivity index (χ0n) is 20.7. The van der Waals surface area contributed by atoms with E-state index < -0.39 is 15.8 Å². The molecule has 194 valence electrons. The molecule has 2 atom stereocenters. The van der Waals surface area contributed by atoms with Gasteiger partial charge in [0.15, 0.2) is 0 Å². The molecule has 1 aliphatic heterocycles. The summed E-state index contributed by atoms with van der Waals surface area (Å²) >= 11 is 1.70. The van der Waals surface area contributed by atoms with Gasteiger partial charge in [0, 0.05) is 22.8 Å². The van der Waals surface area contributed by atoms with Crippen LogP contribution in [0.25, 0.3) is 11.1 Å². The van der Waals surface area contributed by atoms with Crippen LogP contribution in [-0.4, -0.2) is 43.9 Å². The van der Waals surface area contributed by atoms with E-state index in [0.29, 0.717) is 13.0 Å². The Morgan fingerprint density at radius 2 is 1.84 bits per heavy atom. The molecule has 1 heterocycles. The van der Waals surface area contributed by atoms with Gasteiger partial charge in [-0.2, -0.15) is 0 Å². The molecular formula is C29H30O6S2. The zero-order valence-corrected chi connectivity index (χ0v) is 22.3. The molecule has 0 saturated carbocycles. The molecule has 37 heavy (non-hydrogen) atoms. The van der Waals surface area contributed by atoms with E-state index in [1.165, 1.54) is 22.9 Å². The van der Waals surface area contributed by atoms with Crippen molar-refractivity contribution in [2.24, 2.45) is 0 Å². The number of aliphatic carboxylic acids is 1. The lowest BCUT2D eigenvalue weighted by molar-refractivity contribution is -0.137. The van der Waals surface area contributed by atoms with Crippen molar-refractivity contribution in [3.8, 4) is 22.6 Å². The van der Waals surface area contributed by atoms with Gasteiger partial charge in [0.25, 0.3) is 0 Å². The monoisotopic (exact) mass is 538 g/mol. The van der Waals surface area contributed by atoms with Gasteiger partial charge in [-0.05, 0) is 71.3 Å². The van der Waals surface area contributed by atoms with E-state index in [0.717, 1.165) is 46.1 Å². The molecule has 8 heteroatoms. The van der Waals surface area contributed by atoms with E-state index in [2.05, 4.69) is 24.3 Å². The Hall–Kier alpha value is -2.97. The van der Waals surface area contributed by atoms with Crippen LogP contribution in [0, 0.1) is 0 Å². The van der Waals surface area contributed by atoms with Crippen molar-refractivity contribution in [1.82, 2.24) is 0 Å². The highest BCUT2D eigenvalue weighted by atomic mass is 32.2. The second-order valence-corrected chi connectivity index (χ2v) is 13.0. The molecule has 1 aliphatic carbocycles. The molecule has 3 aromatic rings. The van der Waals surface area contributed by atoms with E-state index in [9.17, 15) is 13.2 Å². The van der Waals surface area contributed by atoms with Gasteiger partial charge in [0.1, 0.15) is 27.4 Å². The summed E-state index contributed by atoms with van der Waals surface area (Å²) in [5, 5.41) is 9.16. The lowest BCUT2D eigenvalue weighted by Gasteiger charge is -2.17. The lowest BCUT2D eigenvalue weighted by Crippen LogP contribution is -2.07. The first-order chi connectivity index (χ1) is 17.8. The molecule has 0 bridgehead atoms. The number of sulfone groups is 1. The minimum Gasteiger partial charge on any atom is -0.494 e. The zero-order chi connectivity index (χ0) is 26.0. The fraction of sp³-hybridized carbons (Fsp3) is 0.345. The molecule has 0 amide bonds. The number of rotatable bonds is 10. The summed E-state index contributed by atoms with van der Waals surface area (Å²) in [7, 11) is -2.97. The topological polar surface area (TPSA) is 89.9 Å². The number of carboxylic acids is 1. The second-order valence-electron chi connectivity index (χ2n) is 9.68. The number of ether oxygens (including phenoxy) is 2. The van der Waals surface area contributed by atoms with Crippen molar-refractivity contribution < 1.29 is 27.8 Å². The maximum atomic E-state index is 11.3. The average Bonchev–Trinajstić information content (AvgIpc) is 3.45. The third-order valence-corrected chi connectivity index (χ3v) is 9.14. The Morgan fingerprint density at radius 1 is 1.05 bits per heavy atom. The first-order valence-corrected chi connectivity index (χ1v) is 15.5. The second kappa shape index (κ2) is 10.8. The van der Waals surface area contributed by atoms with E-state index in [1.54, 1.807) is 11.8 Å². The number of benzene rings is 3. The maximum Gasteiger partial charge on any atom is 0.303 e. The fourth-order valence-electron chi connectivity index (χ4n) is 5.13. The summed E-state index contributed by atoms with van der Waals surface area (Å²) in [4.78, 5) is 12.3. The fourth-order valence-corrected chi connectivity index (χ4v) is 7.05. The third-order valence-electron chi connectivity index (χ3n) is 6.87. The van der Waals surface area contributed by atoms with Gasteiger partial charge < -0.3 is 14.6 Å². The molecule has 1 unspecified atom stereocenters. The molecule has 6 nitrogen and oxygen atoms in total. The largest absolute Gasteiger partial charge is 0.494 e. The van der Waals surface area contributed by atoms with Crippen LogP contribution in [0.2, 0.25) is 0 Å². The predicted octanol–water partition coefficient (Wildman–Crippen LogP) is 5.90. The lowest BCUT2D eigenvalue weighted by atomic mass is 9.96. The third kappa shape index (κ3) is 6.13. The number of hydrogen-bond acceptors (Lipinski definition) is 6. The minimum atomic E-state index is -2.97. The van der Waals surface area contributed by atoms with Crippen molar-refractivity contribution in [2.45, 2.75) is 42.6 Å². The predicted molar refractivity (Wildman–Crippen MR) is 146 cm³/mol. The van der Waals surface area contributed by atoms with Crippen LogP contribution in [0.15, 0.2) is 65.6 Å². The highest BCUT2D eigenvalue weighted by Gasteiger charge is 2.29. The Balaban J connectivity index is 1.26.